The lowest BCUT2D eigenvalue weighted by molar-refractivity contribution is 0.367. The third-order valence-corrected chi connectivity index (χ3v) is 3.36. The molecule has 0 bridgehead atoms. The summed E-state index contributed by atoms with van der Waals surface area (Å²) in [5.74, 6) is 0.990. The number of ether oxygens (including phenoxy) is 1. The van der Waals surface area contributed by atoms with E-state index >= 15 is 0 Å². The molecular formula is C16H16NO. The van der Waals surface area contributed by atoms with Crippen molar-refractivity contribution in [1.29, 1.82) is 0 Å². The smallest absolute Gasteiger partial charge is 0.136 e. The van der Waals surface area contributed by atoms with Gasteiger partial charge in [-0.05, 0) is 29.5 Å². The molecule has 0 amide bonds. The molecule has 1 heterocycles. The minimum absolute atomic E-state index is 0.545. The van der Waals surface area contributed by atoms with Crippen LogP contribution in [0.4, 0.5) is 0 Å². The zero-order chi connectivity index (χ0) is 12.4. The second-order valence-corrected chi connectivity index (χ2v) is 4.48. The first-order chi connectivity index (χ1) is 8.90. The molecule has 1 radical (unpaired) electrons. The Hall–Kier alpha value is -1.80. The zero-order valence-electron chi connectivity index (χ0n) is 10.2. The summed E-state index contributed by atoms with van der Waals surface area (Å²) >= 11 is 0. The van der Waals surface area contributed by atoms with Gasteiger partial charge in [-0.2, -0.15) is 0 Å². The van der Waals surface area contributed by atoms with Gasteiger partial charge in [0, 0.05) is 12.1 Å². The lowest BCUT2D eigenvalue weighted by Crippen LogP contribution is -2.06. The third kappa shape index (κ3) is 1.89. The Morgan fingerprint density at radius 1 is 1.00 bits per heavy atom. The molecule has 1 aliphatic rings. The molecule has 18 heavy (non-hydrogen) atoms. The van der Waals surface area contributed by atoms with Crippen LogP contribution in [0.1, 0.15) is 17.5 Å². The summed E-state index contributed by atoms with van der Waals surface area (Å²) in [7, 11) is 0. The Balaban J connectivity index is 2.17. The van der Waals surface area contributed by atoms with Crippen LogP contribution >= 0.6 is 0 Å². The number of hydrogen-bond donors (Lipinski definition) is 1. The van der Waals surface area contributed by atoms with Crippen LogP contribution < -0.4 is 10.5 Å². The second kappa shape index (κ2) is 4.83. The highest BCUT2D eigenvalue weighted by atomic mass is 16.5. The van der Waals surface area contributed by atoms with E-state index in [1.165, 1.54) is 11.1 Å². The van der Waals surface area contributed by atoms with Crippen molar-refractivity contribution in [3.05, 3.63) is 60.2 Å². The Labute approximate surface area is 107 Å². The van der Waals surface area contributed by atoms with E-state index in [0.29, 0.717) is 6.54 Å². The molecule has 0 aliphatic carbocycles. The highest BCUT2D eigenvalue weighted by Gasteiger charge is 2.16. The van der Waals surface area contributed by atoms with Crippen LogP contribution in [0, 0.1) is 6.61 Å². The number of aryl methyl sites for hydroxylation is 1. The zero-order valence-corrected chi connectivity index (χ0v) is 10.2. The van der Waals surface area contributed by atoms with Crippen LogP contribution in [0.15, 0.2) is 42.5 Å². The molecular weight excluding hydrogens is 222 g/mol. The van der Waals surface area contributed by atoms with Crippen molar-refractivity contribution in [3.8, 4) is 16.9 Å². The summed E-state index contributed by atoms with van der Waals surface area (Å²) < 4.78 is 5.74. The molecule has 2 N–H and O–H groups in total. The molecule has 2 aromatic rings. The van der Waals surface area contributed by atoms with Gasteiger partial charge in [0.15, 0.2) is 0 Å². The number of rotatable bonds is 2. The van der Waals surface area contributed by atoms with E-state index in [9.17, 15) is 0 Å². The van der Waals surface area contributed by atoms with Crippen LogP contribution in [-0.4, -0.2) is 0 Å². The minimum atomic E-state index is 0.545. The molecule has 0 fully saturated rings. The fourth-order valence-corrected chi connectivity index (χ4v) is 2.45. The van der Waals surface area contributed by atoms with E-state index in [2.05, 4.69) is 30.3 Å². The first-order valence-corrected chi connectivity index (χ1v) is 6.28. The van der Waals surface area contributed by atoms with Gasteiger partial charge in [-0.15, -0.1) is 0 Å². The van der Waals surface area contributed by atoms with Gasteiger partial charge in [0.1, 0.15) is 12.4 Å². The summed E-state index contributed by atoms with van der Waals surface area (Å²) in [5, 5.41) is 0. The molecule has 2 aromatic carbocycles. The average molecular weight is 238 g/mol. The largest absolute Gasteiger partial charge is 0.486 e. The molecule has 3 rings (SSSR count). The van der Waals surface area contributed by atoms with E-state index < -0.39 is 0 Å². The molecule has 0 atom stereocenters. The third-order valence-electron chi connectivity index (χ3n) is 3.36. The summed E-state index contributed by atoms with van der Waals surface area (Å²) in [5.41, 5.74) is 10.6. The van der Waals surface area contributed by atoms with Gasteiger partial charge in [-0.1, -0.05) is 42.5 Å². The Morgan fingerprint density at radius 3 is 2.72 bits per heavy atom. The van der Waals surface area contributed by atoms with E-state index in [1.807, 2.05) is 18.7 Å². The van der Waals surface area contributed by atoms with Crippen molar-refractivity contribution in [2.45, 2.75) is 19.4 Å². The fraction of sp³-hybridized carbons (Fsp3) is 0.188. The number of hydrogen-bond acceptors (Lipinski definition) is 2. The SMILES string of the molecule is NCc1ccccc1-c1cccc2c1O[CH]CC2. The van der Waals surface area contributed by atoms with Crippen LogP contribution in [-0.2, 0) is 13.0 Å². The highest BCUT2D eigenvalue weighted by molar-refractivity contribution is 5.75. The first kappa shape index (κ1) is 11.3. The molecule has 1 aliphatic heterocycles. The lowest BCUT2D eigenvalue weighted by atomic mass is 9.94. The summed E-state index contributed by atoms with van der Waals surface area (Å²) in [6.07, 6.45) is 2.03. The van der Waals surface area contributed by atoms with Gasteiger partial charge < -0.3 is 10.5 Å². The number of benzene rings is 2. The first-order valence-electron chi connectivity index (χ1n) is 6.28. The van der Waals surface area contributed by atoms with E-state index in [0.717, 1.165) is 29.7 Å². The quantitative estimate of drug-likeness (QED) is 0.871. The summed E-state index contributed by atoms with van der Waals surface area (Å²) in [6, 6.07) is 14.6. The van der Waals surface area contributed by atoms with Gasteiger partial charge in [0.2, 0.25) is 0 Å². The number of nitrogens with two attached hydrogens (primary N) is 1. The molecule has 0 saturated heterocycles. The van der Waals surface area contributed by atoms with Crippen LogP contribution in [0.25, 0.3) is 11.1 Å². The van der Waals surface area contributed by atoms with E-state index in [-0.39, 0.29) is 0 Å². The number of fused-ring (bicyclic) bond motifs is 1. The standard InChI is InChI=1S/C16H16NO/c17-11-13-5-1-2-8-14(13)15-9-3-6-12-7-4-10-18-16(12)15/h1-3,5-6,8-10H,4,7,11,17H2. The van der Waals surface area contributed by atoms with E-state index in [4.69, 9.17) is 10.5 Å². The predicted octanol–water partition coefficient (Wildman–Crippen LogP) is 3.30. The van der Waals surface area contributed by atoms with Crippen molar-refractivity contribution < 1.29 is 4.74 Å². The topological polar surface area (TPSA) is 35.2 Å². The van der Waals surface area contributed by atoms with Gasteiger partial charge in [-0.3, -0.25) is 0 Å². The maximum Gasteiger partial charge on any atom is 0.136 e. The predicted molar refractivity (Wildman–Crippen MR) is 73.0 cm³/mol. The van der Waals surface area contributed by atoms with Crippen LogP contribution in [0.3, 0.4) is 0 Å². The molecule has 0 spiro atoms. The fourth-order valence-electron chi connectivity index (χ4n) is 2.45. The van der Waals surface area contributed by atoms with Crippen LogP contribution in [0.2, 0.25) is 0 Å². The Kier molecular flexibility index (Phi) is 3.03. The minimum Gasteiger partial charge on any atom is -0.486 e. The normalized spacial score (nSPS) is 13.8. The lowest BCUT2D eigenvalue weighted by Gasteiger charge is -2.20. The van der Waals surface area contributed by atoms with Crippen LogP contribution in [0.5, 0.6) is 5.75 Å². The van der Waals surface area contributed by atoms with Gasteiger partial charge in [0.05, 0.1) is 0 Å². The molecule has 2 nitrogen and oxygen atoms in total. The van der Waals surface area contributed by atoms with Crippen molar-refractivity contribution in [3.63, 3.8) is 0 Å². The number of para-hydroxylation sites is 1. The summed E-state index contributed by atoms with van der Waals surface area (Å²) in [4.78, 5) is 0. The molecule has 2 heteroatoms. The average Bonchev–Trinajstić information content (AvgIpc) is 2.46. The molecule has 0 aromatic heterocycles. The summed E-state index contributed by atoms with van der Waals surface area (Å²) in [6.45, 7) is 2.43. The maximum atomic E-state index is 5.82. The van der Waals surface area contributed by atoms with E-state index in [1.54, 1.807) is 0 Å². The van der Waals surface area contributed by atoms with Crippen molar-refractivity contribution >= 4 is 0 Å². The van der Waals surface area contributed by atoms with Crippen molar-refractivity contribution in [2.75, 3.05) is 0 Å². The Bertz CT molecular complexity index is 563. The second-order valence-electron chi connectivity index (χ2n) is 4.48. The molecule has 91 valence electrons. The monoisotopic (exact) mass is 238 g/mol. The van der Waals surface area contributed by atoms with Gasteiger partial charge in [-0.25, -0.2) is 0 Å². The van der Waals surface area contributed by atoms with Gasteiger partial charge in [0.25, 0.3) is 0 Å². The highest BCUT2D eigenvalue weighted by Crippen LogP contribution is 2.38. The van der Waals surface area contributed by atoms with Crippen molar-refractivity contribution in [2.24, 2.45) is 5.73 Å². The maximum absolute atomic E-state index is 5.82. The van der Waals surface area contributed by atoms with Gasteiger partial charge >= 0.3 is 0 Å². The Morgan fingerprint density at radius 2 is 1.83 bits per heavy atom. The molecule has 0 saturated carbocycles. The van der Waals surface area contributed by atoms with Crippen molar-refractivity contribution in [1.82, 2.24) is 0 Å². The molecule has 0 unspecified atom stereocenters.